The SMILES string of the molecule is COC(=O)c1cncc(C(C)N)c1. The van der Waals surface area contributed by atoms with Gasteiger partial charge >= 0.3 is 5.97 Å². The Morgan fingerprint density at radius 1 is 1.62 bits per heavy atom. The van der Waals surface area contributed by atoms with Gasteiger partial charge in [-0.25, -0.2) is 4.79 Å². The number of esters is 1. The zero-order valence-electron chi connectivity index (χ0n) is 7.65. The average Bonchev–Trinajstić information content (AvgIpc) is 2.17. The van der Waals surface area contributed by atoms with Gasteiger partial charge in [0.1, 0.15) is 0 Å². The lowest BCUT2D eigenvalue weighted by Crippen LogP contribution is -2.08. The zero-order chi connectivity index (χ0) is 9.84. The lowest BCUT2D eigenvalue weighted by molar-refractivity contribution is 0.0600. The van der Waals surface area contributed by atoms with E-state index in [0.29, 0.717) is 5.56 Å². The monoisotopic (exact) mass is 180 g/mol. The molecule has 4 heteroatoms. The van der Waals surface area contributed by atoms with Crippen LogP contribution in [0.2, 0.25) is 0 Å². The molecule has 0 aliphatic rings. The molecule has 0 amide bonds. The Morgan fingerprint density at radius 2 is 2.31 bits per heavy atom. The van der Waals surface area contributed by atoms with Crippen molar-refractivity contribution in [2.45, 2.75) is 13.0 Å². The molecule has 0 saturated carbocycles. The van der Waals surface area contributed by atoms with Crippen molar-refractivity contribution >= 4 is 5.97 Å². The van der Waals surface area contributed by atoms with E-state index in [0.717, 1.165) is 5.56 Å². The van der Waals surface area contributed by atoms with Crippen LogP contribution < -0.4 is 5.73 Å². The van der Waals surface area contributed by atoms with E-state index in [4.69, 9.17) is 5.73 Å². The molecule has 70 valence electrons. The lowest BCUT2D eigenvalue weighted by Gasteiger charge is -2.05. The molecular formula is C9H12N2O2. The van der Waals surface area contributed by atoms with Gasteiger partial charge in [-0.15, -0.1) is 0 Å². The molecule has 1 heterocycles. The summed E-state index contributed by atoms with van der Waals surface area (Å²) in [5.74, 6) is -0.394. The number of carbonyl (C=O) groups excluding carboxylic acids is 1. The fraction of sp³-hybridized carbons (Fsp3) is 0.333. The van der Waals surface area contributed by atoms with Crippen molar-refractivity contribution < 1.29 is 9.53 Å². The summed E-state index contributed by atoms with van der Waals surface area (Å²) in [6.45, 7) is 1.83. The van der Waals surface area contributed by atoms with Gasteiger partial charge in [0.2, 0.25) is 0 Å². The lowest BCUT2D eigenvalue weighted by atomic mass is 10.1. The third kappa shape index (κ3) is 2.26. The summed E-state index contributed by atoms with van der Waals surface area (Å²) >= 11 is 0. The predicted octanol–water partition coefficient (Wildman–Crippen LogP) is 0.888. The van der Waals surface area contributed by atoms with Crippen LogP contribution in [-0.2, 0) is 4.74 Å². The molecule has 0 aromatic carbocycles. The molecule has 0 radical (unpaired) electrons. The van der Waals surface area contributed by atoms with E-state index in [1.54, 1.807) is 12.3 Å². The van der Waals surface area contributed by atoms with Gasteiger partial charge in [0.15, 0.2) is 0 Å². The number of ether oxygens (including phenoxy) is 1. The average molecular weight is 180 g/mol. The molecule has 4 nitrogen and oxygen atoms in total. The number of aromatic nitrogens is 1. The molecule has 1 unspecified atom stereocenters. The van der Waals surface area contributed by atoms with Gasteiger partial charge in [-0.05, 0) is 18.6 Å². The van der Waals surface area contributed by atoms with Gasteiger partial charge in [0.05, 0.1) is 12.7 Å². The normalized spacial score (nSPS) is 12.2. The van der Waals surface area contributed by atoms with Crippen LogP contribution in [0.5, 0.6) is 0 Å². The van der Waals surface area contributed by atoms with Crippen LogP contribution in [0.1, 0.15) is 28.9 Å². The Labute approximate surface area is 76.7 Å². The van der Waals surface area contributed by atoms with Crippen molar-refractivity contribution in [2.75, 3.05) is 7.11 Å². The molecule has 1 aromatic heterocycles. The summed E-state index contributed by atoms with van der Waals surface area (Å²) in [5, 5.41) is 0. The fourth-order valence-corrected chi connectivity index (χ4v) is 0.936. The van der Waals surface area contributed by atoms with Crippen LogP contribution in [0.25, 0.3) is 0 Å². The standard InChI is InChI=1S/C9H12N2O2/c1-6(10)7-3-8(5-11-4-7)9(12)13-2/h3-6H,10H2,1-2H3. The molecule has 0 spiro atoms. The number of hydrogen-bond donors (Lipinski definition) is 1. The van der Waals surface area contributed by atoms with Crippen LogP contribution in [0.4, 0.5) is 0 Å². The minimum Gasteiger partial charge on any atom is -0.465 e. The summed E-state index contributed by atoms with van der Waals surface area (Å²) in [6, 6.07) is 1.56. The van der Waals surface area contributed by atoms with Crippen LogP contribution >= 0.6 is 0 Å². The van der Waals surface area contributed by atoms with E-state index in [1.165, 1.54) is 13.3 Å². The van der Waals surface area contributed by atoms with E-state index < -0.39 is 5.97 Å². The third-order valence-electron chi connectivity index (χ3n) is 1.71. The van der Waals surface area contributed by atoms with E-state index in [2.05, 4.69) is 9.72 Å². The molecule has 0 aliphatic carbocycles. The molecule has 0 bridgehead atoms. The first-order valence-electron chi connectivity index (χ1n) is 3.94. The highest BCUT2D eigenvalue weighted by Gasteiger charge is 2.07. The Balaban J connectivity index is 2.98. The van der Waals surface area contributed by atoms with Gasteiger partial charge in [-0.2, -0.15) is 0 Å². The van der Waals surface area contributed by atoms with Gasteiger partial charge in [-0.3, -0.25) is 4.98 Å². The number of methoxy groups -OCH3 is 1. The molecule has 0 saturated heterocycles. The van der Waals surface area contributed by atoms with E-state index in [1.807, 2.05) is 6.92 Å². The zero-order valence-corrected chi connectivity index (χ0v) is 7.65. The number of rotatable bonds is 2. The molecule has 1 rings (SSSR count). The van der Waals surface area contributed by atoms with Crippen molar-refractivity contribution in [3.05, 3.63) is 29.6 Å². The minimum absolute atomic E-state index is 0.128. The summed E-state index contributed by atoms with van der Waals surface area (Å²) in [5.41, 5.74) is 6.88. The first-order chi connectivity index (χ1) is 6.15. The first kappa shape index (κ1) is 9.67. The van der Waals surface area contributed by atoms with E-state index in [-0.39, 0.29) is 6.04 Å². The molecule has 1 atom stereocenters. The van der Waals surface area contributed by atoms with E-state index >= 15 is 0 Å². The number of carbonyl (C=O) groups is 1. The highest BCUT2D eigenvalue weighted by atomic mass is 16.5. The maximum absolute atomic E-state index is 11.1. The molecule has 0 fully saturated rings. The summed E-state index contributed by atoms with van der Waals surface area (Å²) in [7, 11) is 1.33. The first-order valence-corrected chi connectivity index (χ1v) is 3.94. The largest absolute Gasteiger partial charge is 0.465 e. The van der Waals surface area contributed by atoms with Crippen molar-refractivity contribution in [3.63, 3.8) is 0 Å². The summed E-state index contributed by atoms with van der Waals surface area (Å²) < 4.78 is 4.55. The van der Waals surface area contributed by atoms with Gasteiger partial charge in [-0.1, -0.05) is 0 Å². The van der Waals surface area contributed by atoms with Crippen molar-refractivity contribution in [3.8, 4) is 0 Å². The maximum Gasteiger partial charge on any atom is 0.339 e. The molecular weight excluding hydrogens is 168 g/mol. The molecule has 0 aliphatic heterocycles. The maximum atomic E-state index is 11.1. The van der Waals surface area contributed by atoms with Gasteiger partial charge in [0, 0.05) is 18.4 Å². The fourth-order valence-electron chi connectivity index (χ4n) is 0.936. The third-order valence-corrected chi connectivity index (χ3v) is 1.71. The second kappa shape index (κ2) is 4.00. The second-order valence-corrected chi connectivity index (χ2v) is 2.79. The smallest absolute Gasteiger partial charge is 0.339 e. The number of hydrogen-bond acceptors (Lipinski definition) is 4. The predicted molar refractivity (Wildman–Crippen MR) is 48.2 cm³/mol. The summed E-state index contributed by atoms with van der Waals surface area (Å²) in [6.07, 6.45) is 3.09. The highest BCUT2D eigenvalue weighted by Crippen LogP contribution is 2.10. The van der Waals surface area contributed by atoms with Crippen molar-refractivity contribution in [1.82, 2.24) is 4.98 Å². The van der Waals surface area contributed by atoms with Gasteiger partial charge in [0.25, 0.3) is 0 Å². The van der Waals surface area contributed by atoms with Crippen molar-refractivity contribution in [2.24, 2.45) is 5.73 Å². The molecule has 2 N–H and O–H groups in total. The second-order valence-electron chi connectivity index (χ2n) is 2.79. The number of nitrogens with two attached hydrogens (primary N) is 1. The van der Waals surface area contributed by atoms with E-state index in [9.17, 15) is 4.79 Å². The Hall–Kier alpha value is -1.42. The van der Waals surface area contributed by atoms with Crippen LogP contribution in [0.3, 0.4) is 0 Å². The number of pyridine rings is 1. The summed E-state index contributed by atoms with van der Waals surface area (Å²) in [4.78, 5) is 15.0. The Morgan fingerprint density at radius 3 is 2.85 bits per heavy atom. The molecule has 1 aromatic rings. The van der Waals surface area contributed by atoms with Crippen LogP contribution in [0, 0.1) is 0 Å². The highest BCUT2D eigenvalue weighted by molar-refractivity contribution is 5.89. The van der Waals surface area contributed by atoms with Crippen molar-refractivity contribution in [1.29, 1.82) is 0 Å². The Bertz CT molecular complexity index is 310. The van der Waals surface area contributed by atoms with Crippen LogP contribution in [-0.4, -0.2) is 18.1 Å². The Kier molecular flexibility index (Phi) is 2.97. The number of nitrogens with zero attached hydrogens (tertiary/aromatic N) is 1. The van der Waals surface area contributed by atoms with Crippen LogP contribution in [0.15, 0.2) is 18.5 Å². The van der Waals surface area contributed by atoms with Gasteiger partial charge < -0.3 is 10.5 Å². The minimum atomic E-state index is -0.394. The topological polar surface area (TPSA) is 65.2 Å². The quantitative estimate of drug-likeness (QED) is 0.686. The molecule has 13 heavy (non-hydrogen) atoms.